The first-order chi connectivity index (χ1) is 17.1. The molecule has 36 heavy (non-hydrogen) atoms. The topological polar surface area (TPSA) is 147 Å². The van der Waals surface area contributed by atoms with Crippen LogP contribution >= 0.6 is 0 Å². The largest absolute Gasteiger partial charge is 0.467 e. The molecule has 1 aromatic carbocycles. The van der Waals surface area contributed by atoms with Gasteiger partial charge in [0.15, 0.2) is 0 Å². The van der Waals surface area contributed by atoms with Gasteiger partial charge in [0.05, 0.1) is 16.9 Å². The Kier molecular flexibility index (Phi) is 5.82. The third kappa shape index (κ3) is 3.51. The van der Waals surface area contributed by atoms with Crippen molar-refractivity contribution in [2.75, 3.05) is 26.7 Å². The SMILES string of the molecule is COC(=O)[C@@H]1CCCN1C(=O)C1(N2CCN(S(=O)(=O)c3ccc([N+](=O)[O-])cc3)C3(CC3)C2=O)CCC1. The van der Waals surface area contributed by atoms with Crippen LogP contribution in [0, 0.1) is 10.1 Å². The highest BCUT2D eigenvalue weighted by atomic mass is 32.2. The molecule has 2 saturated carbocycles. The molecule has 0 unspecified atom stereocenters. The number of benzene rings is 1. The van der Waals surface area contributed by atoms with Gasteiger partial charge in [-0.15, -0.1) is 0 Å². The van der Waals surface area contributed by atoms with Crippen LogP contribution in [0.5, 0.6) is 0 Å². The van der Waals surface area contributed by atoms with Crippen LogP contribution in [-0.2, 0) is 29.1 Å². The predicted molar refractivity (Wildman–Crippen MR) is 124 cm³/mol. The Balaban J connectivity index is 1.41. The maximum Gasteiger partial charge on any atom is 0.328 e. The number of piperazine rings is 1. The highest BCUT2D eigenvalue weighted by Crippen LogP contribution is 2.52. The first-order valence-corrected chi connectivity index (χ1v) is 13.5. The van der Waals surface area contributed by atoms with E-state index in [2.05, 4.69) is 0 Å². The number of non-ortho nitro benzene ring substituents is 1. The maximum atomic E-state index is 13.8. The van der Waals surface area contributed by atoms with Crippen molar-refractivity contribution < 1.29 is 32.5 Å². The number of esters is 1. The number of nitrogens with zero attached hydrogens (tertiary/aromatic N) is 4. The van der Waals surface area contributed by atoms with E-state index in [0.717, 1.165) is 18.6 Å². The van der Waals surface area contributed by atoms with Crippen LogP contribution in [0.2, 0.25) is 0 Å². The van der Waals surface area contributed by atoms with Gasteiger partial charge in [0.1, 0.15) is 17.1 Å². The van der Waals surface area contributed by atoms with Gasteiger partial charge < -0.3 is 14.5 Å². The molecule has 1 spiro atoms. The molecule has 13 heteroatoms. The van der Waals surface area contributed by atoms with E-state index in [1.54, 1.807) is 4.90 Å². The molecular formula is C23H28N4O8S. The molecule has 2 heterocycles. The standard InChI is InChI=1S/C23H28N4O8S/c1-35-19(28)18-4-2-13-24(18)20(29)22(9-3-10-22)25-14-15-26(23(11-12-23)21(25)30)36(33,34)17-7-5-16(6-8-17)27(31)32/h5-8,18H,2-4,9-15H2,1H3/t18-/m0/s1. The van der Waals surface area contributed by atoms with Crippen molar-refractivity contribution in [2.45, 2.75) is 67.0 Å². The van der Waals surface area contributed by atoms with Crippen LogP contribution < -0.4 is 0 Å². The number of hydrogen-bond donors (Lipinski definition) is 0. The predicted octanol–water partition coefficient (Wildman–Crippen LogP) is 1.05. The van der Waals surface area contributed by atoms with Crippen molar-refractivity contribution in [3.05, 3.63) is 34.4 Å². The zero-order valence-electron chi connectivity index (χ0n) is 19.9. The molecule has 2 amide bonds. The lowest BCUT2D eigenvalue weighted by molar-refractivity contribution is -0.384. The van der Waals surface area contributed by atoms with Gasteiger partial charge in [0, 0.05) is 31.8 Å². The number of methoxy groups -OCH3 is 1. The summed E-state index contributed by atoms with van der Waals surface area (Å²) in [7, 11) is -2.81. The Bertz CT molecular complexity index is 1220. The van der Waals surface area contributed by atoms with Gasteiger partial charge in [-0.2, -0.15) is 4.31 Å². The zero-order valence-corrected chi connectivity index (χ0v) is 20.7. The third-order valence-electron chi connectivity index (χ3n) is 8.09. The summed E-state index contributed by atoms with van der Waals surface area (Å²) in [5.41, 5.74) is -2.56. The summed E-state index contributed by atoms with van der Waals surface area (Å²) in [6, 6.07) is 3.93. The van der Waals surface area contributed by atoms with Crippen molar-refractivity contribution in [3.63, 3.8) is 0 Å². The quantitative estimate of drug-likeness (QED) is 0.307. The van der Waals surface area contributed by atoms with Crippen LogP contribution in [0.15, 0.2) is 29.2 Å². The Morgan fingerprint density at radius 2 is 1.72 bits per heavy atom. The van der Waals surface area contributed by atoms with Gasteiger partial charge in [-0.1, -0.05) is 0 Å². The van der Waals surface area contributed by atoms with Crippen LogP contribution in [0.3, 0.4) is 0 Å². The van der Waals surface area contributed by atoms with Crippen molar-refractivity contribution in [1.82, 2.24) is 14.1 Å². The number of sulfonamides is 1. The second-order valence-corrected chi connectivity index (χ2v) is 11.7. The van der Waals surface area contributed by atoms with Crippen molar-refractivity contribution in [1.29, 1.82) is 0 Å². The molecule has 4 aliphatic rings. The second-order valence-electron chi connectivity index (χ2n) is 9.88. The summed E-state index contributed by atoms with van der Waals surface area (Å²) >= 11 is 0. The summed E-state index contributed by atoms with van der Waals surface area (Å²) in [6.07, 6.45) is 3.54. The Hall–Kier alpha value is -3.06. The third-order valence-corrected chi connectivity index (χ3v) is 10.1. The number of carbonyl (C=O) groups excluding carboxylic acids is 3. The molecule has 12 nitrogen and oxygen atoms in total. The summed E-state index contributed by atoms with van der Waals surface area (Å²) in [5, 5.41) is 10.9. The van der Waals surface area contributed by atoms with Gasteiger partial charge in [0.2, 0.25) is 21.8 Å². The smallest absolute Gasteiger partial charge is 0.328 e. The van der Waals surface area contributed by atoms with E-state index >= 15 is 0 Å². The fourth-order valence-electron chi connectivity index (χ4n) is 5.84. The second kappa shape index (κ2) is 8.51. The molecule has 2 aliphatic carbocycles. The van der Waals surface area contributed by atoms with E-state index in [9.17, 15) is 32.9 Å². The molecule has 194 valence electrons. The van der Waals surface area contributed by atoms with Crippen LogP contribution in [0.25, 0.3) is 0 Å². The molecule has 0 aromatic heterocycles. The van der Waals surface area contributed by atoms with E-state index in [0.29, 0.717) is 45.1 Å². The minimum atomic E-state index is -4.09. The molecule has 4 fully saturated rings. The number of ether oxygens (including phenoxy) is 1. The molecule has 2 aliphatic heterocycles. The number of nitro groups is 1. The number of carbonyl (C=O) groups is 3. The van der Waals surface area contributed by atoms with Crippen LogP contribution in [-0.4, -0.2) is 89.1 Å². The summed E-state index contributed by atoms with van der Waals surface area (Å²) in [6.45, 7) is 0.476. The first-order valence-electron chi connectivity index (χ1n) is 12.1. The highest BCUT2D eigenvalue weighted by Gasteiger charge is 2.66. The maximum absolute atomic E-state index is 13.8. The number of rotatable bonds is 6. The average Bonchev–Trinajstić information content (AvgIpc) is 3.46. The van der Waals surface area contributed by atoms with Gasteiger partial charge in [0.25, 0.3) is 5.69 Å². The molecule has 1 aromatic rings. The number of nitro benzene ring substituents is 1. The minimum Gasteiger partial charge on any atom is -0.467 e. The van der Waals surface area contributed by atoms with Crippen molar-refractivity contribution in [2.24, 2.45) is 0 Å². The normalized spacial score (nSPS) is 24.9. The van der Waals surface area contributed by atoms with Gasteiger partial charge in [-0.05, 0) is 57.1 Å². The number of amides is 2. The van der Waals surface area contributed by atoms with Gasteiger partial charge in [-0.25, -0.2) is 13.2 Å². The Labute approximate surface area is 208 Å². The van der Waals surface area contributed by atoms with Crippen molar-refractivity contribution in [3.8, 4) is 0 Å². The summed E-state index contributed by atoms with van der Waals surface area (Å²) in [4.78, 5) is 53.2. The summed E-state index contributed by atoms with van der Waals surface area (Å²) < 4.78 is 33.0. The van der Waals surface area contributed by atoms with E-state index in [1.165, 1.54) is 28.4 Å². The lowest BCUT2D eigenvalue weighted by Crippen LogP contribution is -2.72. The van der Waals surface area contributed by atoms with Gasteiger partial charge >= 0.3 is 5.97 Å². The molecule has 0 N–H and O–H groups in total. The lowest BCUT2D eigenvalue weighted by atomic mass is 9.73. The fraction of sp³-hybridized carbons (Fsp3) is 0.609. The van der Waals surface area contributed by atoms with Gasteiger partial charge in [-0.3, -0.25) is 19.7 Å². The molecule has 1 atom stereocenters. The van der Waals surface area contributed by atoms with E-state index < -0.39 is 38.0 Å². The monoisotopic (exact) mass is 520 g/mol. The zero-order chi connectivity index (χ0) is 25.9. The Morgan fingerprint density at radius 1 is 1.06 bits per heavy atom. The molecule has 2 saturated heterocycles. The molecule has 0 bridgehead atoms. The number of likely N-dealkylation sites (tertiary alicyclic amines) is 1. The van der Waals surface area contributed by atoms with E-state index in [-0.39, 0.29) is 35.5 Å². The first kappa shape index (κ1) is 24.6. The Morgan fingerprint density at radius 3 is 2.25 bits per heavy atom. The fourth-order valence-corrected chi connectivity index (χ4v) is 7.62. The highest BCUT2D eigenvalue weighted by molar-refractivity contribution is 7.89. The molecule has 5 rings (SSSR count). The van der Waals surface area contributed by atoms with E-state index in [1.807, 2.05) is 0 Å². The molecular weight excluding hydrogens is 492 g/mol. The van der Waals surface area contributed by atoms with Crippen molar-refractivity contribution >= 4 is 33.5 Å². The average molecular weight is 521 g/mol. The number of hydrogen-bond acceptors (Lipinski definition) is 8. The van der Waals surface area contributed by atoms with Crippen LogP contribution in [0.4, 0.5) is 5.69 Å². The van der Waals surface area contributed by atoms with E-state index in [4.69, 9.17) is 4.74 Å². The minimum absolute atomic E-state index is 0.0144. The van der Waals surface area contributed by atoms with Crippen LogP contribution in [0.1, 0.15) is 44.9 Å². The molecule has 0 radical (unpaired) electrons. The lowest BCUT2D eigenvalue weighted by Gasteiger charge is -2.54. The summed E-state index contributed by atoms with van der Waals surface area (Å²) in [5.74, 6) is -1.13.